The lowest BCUT2D eigenvalue weighted by atomic mass is 10.1. The number of hydrogen-bond donors (Lipinski definition) is 0. The standard InChI is InChI=1S/C24H21N3O2S/c1-17-10-12-18(13-11-17)23(28)24(29)26(2)15-19-16-27(20-7-4-3-5-8-20)25-22(19)21-9-6-14-30-21/h3-14,16H,15H2,1-2H3. The maximum atomic E-state index is 12.8. The fourth-order valence-corrected chi connectivity index (χ4v) is 3.93. The number of para-hydroxylation sites is 1. The number of carbonyl (C=O) groups is 2. The van der Waals surface area contributed by atoms with Gasteiger partial charge in [-0.25, -0.2) is 4.68 Å². The molecule has 0 saturated carbocycles. The summed E-state index contributed by atoms with van der Waals surface area (Å²) in [7, 11) is 1.65. The Morgan fingerprint density at radius 1 is 1.00 bits per heavy atom. The topological polar surface area (TPSA) is 55.2 Å². The molecule has 4 aromatic rings. The van der Waals surface area contributed by atoms with E-state index in [-0.39, 0.29) is 6.54 Å². The van der Waals surface area contributed by atoms with Crippen molar-refractivity contribution in [1.82, 2.24) is 14.7 Å². The molecule has 0 fully saturated rings. The number of ketones is 1. The van der Waals surface area contributed by atoms with Gasteiger partial charge in [0, 0.05) is 30.9 Å². The zero-order valence-corrected chi connectivity index (χ0v) is 17.6. The second-order valence-corrected chi connectivity index (χ2v) is 8.06. The van der Waals surface area contributed by atoms with E-state index >= 15 is 0 Å². The molecule has 0 saturated heterocycles. The summed E-state index contributed by atoms with van der Waals surface area (Å²) >= 11 is 1.59. The highest BCUT2D eigenvalue weighted by atomic mass is 32.1. The zero-order chi connectivity index (χ0) is 21.1. The number of aryl methyl sites for hydroxylation is 1. The number of nitrogens with zero attached hydrogens (tertiary/aromatic N) is 3. The van der Waals surface area contributed by atoms with Gasteiger partial charge in [0.25, 0.3) is 5.91 Å². The van der Waals surface area contributed by atoms with Crippen molar-refractivity contribution >= 4 is 23.0 Å². The summed E-state index contributed by atoms with van der Waals surface area (Å²) in [6.07, 6.45) is 1.92. The summed E-state index contributed by atoms with van der Waals surface area (Å²) in [5, 5.41) is 6.75. The van der Waals surface area contributed by atoms with Crippen molar-refractivity contribution in [1.29, 1.82) is 0 Å². The van der Waals surface area contributed by atoms with Gasteiger partial charge in [-0.2, -0.15) is 5.10 Å². The van der Waals surface area contributed by atoms with Gasteiger partial charge in [-0.15, -0.1) is 11.3 Å². The highest BCUT2D eigenvalue weighted by Crippen LogP contribution is 2.28. The molecule has 0 aliphatic carbocycles. The van der Waals surface area contributed by atoms with Gasteiger partial charge in [-0.1, -0.05) is 54.1 Å². The van der Waals surface area contributed by atoms with Crippen LogP contribution in [-0.4, -0.2) is 33.4 Å². The largest absolute Gasteiger partial charge is 0.334 e. The van der Waals surface area contributed by atoms with E-state index in [0.29, 0.717) is 5.56 Å². The predicted molar refractivity (Wildman–Crippen MR) is 119 cm³/mol. The van der Waals surface area contributed by atoms with Crippen LogP contribution >= 0.6 is 11.3 Å². The third-order valence-electron chi connectivity index (χ3n) is 4.83. The molecule has 0 unspecified atom stereocenters. The maximum absolute atomic E-state index is 12.8. The molecule has 4 rings (SSSR count). The molecule has 6 heteroatoms. The number of rotatable bonds is 6. The summed E-state index contributed by atoms with van der Waals surface area (Å²) in [5.41, 5.74) is 4.08. The molecular formula is C24H21N3O2S. The Morgan fingerprint density at radius 3 is 2.40 bits per heavy atom. The first-order chi connectivity index (χ1) is 14.5. The van der Waals surface area contributed by atoms with Crippen molar-refractivity contribution < 1.29 is 9.59 Å². The van der Waals surface area contributed by atoms with E-state index in [1.165, 1.54) is 4.90 Å². The van der Waals surface area contributed by atoms with E-state index < -0.39 is 11.7 Å². The van der Waals surface area contributed by atoms with E-state index in [9.17, 15) is 9.59 Å². The summed E-state index contributed by atoms with van der Waals surface area (Å²) in [4.78, 5) is 27.8. The first kappa shape index (κ1) is 19.8. The maximum Gasteiger partial charge on any atom is 0.295 e. The quantitative estimate of drug-likeness (QED) is 0.337. The molecule has 0 bridgehead atoms. The lowest BCUT2D eigenvalue weighted by molar-refractivity contribution is -0.125. The molecule has 150 valence electrons. The summed E-state index contributed by atoms with van der Waals surface area (Å²) < 4.78 is 1.81. The van der Waals surface area contributed by atoms with Crippen LogP contribution in [0.2, 0.25) is 0 Å². The molecule has 2 aromatic heterocycles. The predicted octanol–water partition coefficient (Wildman–Crippen LogP) is 4.75. The third kappa shape index (κ3) is 4.09. The van der Waals surface area contributed by atoms with E-state index in [2.05, 4.69) is 0 Å². The van der Waals surface area contributed by atoms with Crippen molar-refractivity contribution in [3.63, 3.8) is 0 Å². The second kappa shape index (κ2) is 8.47. The molecule has 0 N–H and O–H groups in total. The van der Waals surface area contributed by atoms with Crippen LogP contribution < -0.4 is 0 Å². The fraction of sp³-hybridized carbons (Fsp3) is 0.125. The molecule has 5 nitrogen and oxygen atoms in total. The average Bonchev–Trinajstić information content (AvgIpc) is 3.44. The lowest BCUT2D eigenvalue weighted by Crippen LogP contribution is -2.32. The molecule has 30 heavy (non-hydrogen) atoms. The smallest absolute Gasteiger partial charge is 0.295 e. The molecule has 1 amide bonds. The summed E-state index contributed by atoms with van der Waals surface area (Å²) in [6.45, 7) is 2.23. The molecule has 2 aromatic carbocycles. The van der Waals surface area contributed by atoms with Crippen molar-refractivity contribution in [2.75, 3.05) is 7.05 Å². The van der Waals surface area contributed by atoms with Gasteiger partial charge in [0.1, 0.15) is 5.69 Å². The van der Waals surface area contributed by atoms with E-state index in [1.54, 1.807) is 30.5 Å². The SMILES string of the molecule is Cc1ccc(C(=O)C(=O)N(C)Cc2cn(-c3ccccc3)nc2-c2cccs2)cc1. The third-order valence-corrected chi connectivity index (χ3v) is 5.70. The van der Waals surface area contributed by atoms with Crippen molar-refractivity contribution in [2.24, 2.45) is 0 Å². The zero-order valence-electron chi connectivity index (χ0n) is 16.8. The minimum Gasteiger partial charge on any atom is -0.334 e. The van der Waals surface area contributed by atoms with E-state index in [0.717, 1.165) is 27.4 Å². The van der Waals surface area contributed by atoms with Gasteiger partial charge in [0.15, 0.2) is 0 Å². The Balaban J connectivity index is 1.61. The van der Waals surface area contributed by atoms with Gasteiger partial charge in [0.05, 0.1) is 10.6 Å². The van der Waals surface area contributed by atoms with Crippen LogP contribution in [0.5, 0.6) is 0 Å². The Labute approximate surface area is 179 Å². The Morgan fingerprint density at radius 2 is 1.73 bits per heavy atom. The van der Waals surface area contributed by atoms with Crippen molar-refractivity contribution in [2.45, 2.75) is 13.5 Å². The molecule has 0 radical (unpaired) electrons. The molecule has 2 heterocycles. The number of benzene rings is 2. The number of hydrogen-bond acceptors (Lipinski definition) is 4. The lowest BCUT2D eigenvalue weighted by Gasteiger charge is -2.16. The van der Waals surface area contributed by atoms with Gasteiger partial charge in [0.2, 0.25) is 5.78 Å². The normalized spacial score (nSPS) is 10.7. The number of likely N-dealkylation sites (N-methyl/N-ethyl adjacent to an activating group) is 1. The van der Waals surface area contributed by atoms with Crippen LogP contribution in [-0.2, 0) is 11.3 Å². The second-order valence-electron chi connectivity index (χ2n) is 7.12. The van der Waals surface area contributed by atoms with E-state index in [4.69, 9.17) is 5.10 Å². The summed E-state index contributed by atoms with van der Waals surface area (Å²) in [6, 6.07) is 20.8. The van der Waals surface area contributed by atoms with Gasteiger partial charge in [-0.05, 0) is 30.5 Å². The van der Waals surface area contributed by atoms with Crippen LogP contribution in [0.15, 0.2) is 78.3 Å². The van der Waals surface area contributed by atoms with Crippen molar-refractivity contribution in [3.05, 3.63) is 95.0 Å². The van der Waals surface area contributed by atoms with Gasteiger partial charge in [-0.3, -0.25) is 9.59 Å². The van der Waals surface area contributed by atoms with Crippen LogP contribution in [0, 0.1) is 6.92 Å². The summed E-state index contributed by atoms with van der Waals surface area (Å²) in [5.74, 6) is -1.05. The fourth-order valence-electron chi connectivity index (χ4n) is 3.19. The Kier molecular flexibility index (Phi) is 5.59. The molecule has 0 spiro atoms. The number of amides is 1. The minimum atomic E-state index is -0.538. The monoisotopic (exact) mass is 415 g/mol. The molecular weight excluding hydrogens is 394 g/mol. The average molecular weight is 416 g/mol. The highest BCUT2D eigenvalue weighted by molar-refractivity contribution is 7.13. The Bertz CT molecular complexity index is 1160. The van der Waals surface area contributed by atoms with Crippen LogP contribution in [0.25, 0.3) is 16.3 Å². The number of thiophene rings is 1. The van der Waals surface area contributed by atoms with Gasteiger partial charge >= 0.3 is 0 Å². The first-order valence-electron chi connectivity index (χ1n) is 9.57. The highest BCUT2D eigenvalue weighted by Gasteiger charge is 2.23. The van der Waals surface area contributed by atoms with E-state index in [1.807, 2.05) is 77.8 Å². The number of Topliss-reactive ketones (excluding diaryl/α,β-unsaturated/α-hetero) is 1. The number of carbonyl (C=O) groups excluding carboxylic acids is 2. The minimum absolute atomic E-state index is 0.288. The molecule has 0 atom stereocenters. The van der Waals surface area contributed by atoms with Gasteiger partial charge < -0.3 is 4.90 Å². The molecule has 0 aliphatic heterocycles. The van der Waals surface area contributed by atoms with Crippen molar-refractivity contribution in [3.8, 4) is 16.3 Å². The van der Waals surface area contributed by atoms with Crippen LogP contribution in [0.4, 0.5) is 0 Å². The van der Waals surface area contributed by atoms with Crippen LogP contribution in [0.1, 0.15) is 21.5 Å². The first-order valence-corrected chi connectivity index (χ1v) is 10.4. The molecule has 0 aliphatic rings. The van der Waals surface area contributed by atoms with Crippen LogP contribution in [0.3, 0.4) is 0 Å². The number of aromatic nitrogens is 2. The Hall–Kier alpha value is -3.51.